The lowest BCUT2D eigenvalue weighted by Gasteiger charge is -2.18. The molecule has 0 aromatic heterocycles. The van der Waals surface area contributed by atoms with Crippen LogP contribution in [0.5, 0.6) is 0 Å². The molecule has 1 aromatic rings. The molecule has 5 nitrogen and oxygen atoms in total. The highest BCUT2D eigenvalue weighted by molar-refractivity contribution is 5.82. The van der Waals surface area contributed by atoms with Crippen molar-refractivity contribution in [1.82, 2.24) is 0 Å². The molecule has 0 saturated heterocycles. The number of carbonyl (C=O) groups is 2. The van der Waals surface area contributed by atoms with Crippen LogP contribution in [0.3, 0.4) is 0 Å². The standard InChI is InChI=1S/C11H10F3NO4/c12-11(13,14)6-2-1-5(4-16)7(3-6)8(17)9(18)10(15)19/h1-4,8-9,17-18H,(H2,15,19). The van der Waals surface area contributed by atoms with Gasteiger partial charge in [-0.25, -0.2) is 0 Å². The molecule has 0 aliphatic rings. The first kappa shape index (κ1) is 15.1. The predicted octanol–water partition coefficient (Wildman–Crippen LogP) is 0.398. The van der Waals surface area contributed by atoms with Crippen LogP contribution in [0.25, 0.3) is 0 Å². The van der Waals surface area contributed by atoms with Crippen molar-refractivity contribution in [3.63, 3.8) is 0 Å². The van der Waals surface area contributed by atoms with Crippen LogP contribution >= 0.6 is 0 Å². The molecule has 4 N–H and O–H groups in total. The third-order valence-electron chi connectivity index (χ3n) is 2.45. The minimum absolute atomic E-state index is 0.201. The van der Waals surface area contributed by atoms with Gasteiger partial charge in [0.25, 0.3) is 0 Å². The summed E-state index contributed by atoms with van der Waals surface area (Å²) in [5.41, 5.74) is 2.81. The summed E-state index contributed by atoms with van der Waals surface area (Å²) < 4.78 is 37.5. The lowest BCUT2D eigenvalue weighted by molar-refractivity contribution is -0.137. The third-order valence-corrected chi connectivity index (χ3v) is 2.45. The fraction of sp³-hybridized carbons (Fsp3) is 0.273. The number of nitrogens with two attached hydrogens (primary N) is 1. The summed E-state index contributed by atoms with van der Waals surface area (Å²) >= 11 is 0. The summed E-state index contributed by atoms with van der Waals surface area (Å²) in [6.07, 6.45) is -8.61. The van der Waals surface area contributed by atoms with Gasteiger partial charge in [0.1, 0.15) is 12.4 Å². The molecular formula is C11H10F3NO4. The molecule has 0 spiro atoms. The van der Waals surface area contributed by atoms with Gasteiger partial charge in [-0.3, -0.25) is 9.59 Å². The molecule has 2 unspecified atom stereocenters. The van der Waals surface area contributed by atoms with Crippen molar-refractivity contribution in [1.29, 1.82) is 0 Å². The van der Waals surface area contributed by atoms with E-state index in [4.69, 9.17) is 5.73 Å². The number of carbonyl (C=O) groups excluding carboxylic acids is 2. The summed E-state index contributed by atoms with van der Waals surface area (Å²) in [4.78, 5) is 21.4. The van der Waals surface area contributed by atoms with E-state index in [1.165, 1.54) is 0 Å². The molecule has 2 atom stereocenters. The van der Waals surface area contributed by atoms with Crippen molar-refractivity contribution in [3.8, 4) is 0 Å². The Balaban J connectivity index is 3.31. The average molecular weight is 277 g/mol. The van der Waals surface area contributed by atoms with E-state index in [-0.39, 0.29) is 11.8 Å². The Morgan fingerprint density at radius 3 is 2.32 bits per heavy atom. The van der Waals surface area contributed by atoms with E-state index < -0.39 is 35.4 Å². The van der Waals surface area contributed by atoms with E-state index >= 15 is 0 Å². The highest BCUT2D eigenvalue weighted by Gasteiger charge is 2.33. The second-order valence-electron chi connectivity index (χ2n) is 3.75. The van der Waals surface area contributed by atoms with Gasteiger partial charge in [-0.15, -0.1) is 0 Å². The van der Waals surface area contributed by atoms with Gasteiger partial charge in [-0.05, 0) is 17.7 Å². The molecule has 0 bridgehead atoms. The van der Waals surface area contributed by atoms with Crippen molar-refractivity contribution in [3.05, 3.63) is 34.9 Å². The maximum absolute atomic E-state index is 12.5. The van der Waals surface area contributed by atoms with Crippen molar-refractivity contribution >= 4 is 12.2 Å². The molecule has 104 valence electrons. The Bertz CT molecular complexity index is 501. The zero-order valence-electron chi connectivity index (χ0n) is 9.39. The first-order chi connectivity index (χ1) is 8.68. The van der Waals surface area contributed by atoms with Gasteiger partial charge in [-0.2, -0.15) is 13.2 Å². The van der Waals surface area contributed by atoms with E-state index in [9.17, 15) is 33.0 Å². The molecule has 0 aliphatic carbocycles. The Morgan fingerprint density at radius 2 is 1.89 bits per heavy atom. The van der Waals surface area contributed by atoms with Crippen molar-refractivity contribution in [2.45, 2.75) is 18.4 Å². The zero-order chi connectivity index (χ0) is 14.8. The van der Waals surface area contributed by atoms with E-state index in [2.05, 4.69) is 0 Å². The van der Waals surface area contributed by atoms with Crippen LogP contribution < -0.4 is 5.73 Å². The lowest BCUT2D eigenvalue weighted by Crippen LogP contribution is -2.34. The summed E-state index contributed by atoms with van der Waals surface area (Å²) in [7, 11) is 0. The number of halogens is 3. The van der Waals surface area contributed by atoms with Gasteiger partial charge in [-0.1, -0.05) is 6.07 Å². The molecule has 0 radical (unpaired) electrons. The van der Waals surface area contributed by atoms with Gasteiger partial charge >= 0.3 is 6.18 Å². The Morgan fingerprint density at radius 1 is 1.32 bits per heavy atom. The van der Waals surface area contributed by atoms with Gasteiger partial charge < -0.3 is 15.9 Å². The van der Waals surface area contributed by atoms with Crippen LogP contribution in [0, 0.1) is 0 Å². The Labute approximate surface area is 105 Å². The molecule has 1 amide bonds. The molecular weight excluding hydrogens is 267 g/mol. The SMILES string of the molecule is NC(=O)C(O)C(O)c1cc(C(F)(F)F)ccc1C=O. The fourth-order valence-electron chi connectivity index (χ4n) is 1.44. The average Bonchev–Trinajstić information content (AvgIpc) is 2.34. The van der Waals surface area contributed by atoms with Gasteiger partial charge in [0.2, 0.25) is 5.91 Å². The Hall–Kier alpha value is -1.93. The number of hydrogen-bond donors (Lipinski definition) is 3. The first-order valence-electron chi connectivity index (χ1n) is 5.00. The fourth-order valence-corrected chi connectivity index (χ4v) is 1.44. The quantitative estimate of drug-likeness (QED) is 0.693. The predicted molar refractivity (Wildman–Crippen MR) is 57.0 cm³/mol. The molecule has 8 heteroatoms. The summed E-state index contributed by atoms with van der Waals surface area (Å²) in [6.45, 7) is 0. The maximum atomic E-state index is 12.5. The normalized spacial score (nSPS) is 14.8. The number of hydrogen-bond acceptors (Lipinski definition) is 4. The summed E-state index contributed by atoms with van der Waals surface area (Å²) in [5, 5.41) is 18.8. The van der Waals surface area contributed by atoms with Crippen molar-refractivity contribution in [2.24, 2.45) is 5.73 Å². The molecule has 1 aromatic carbocycles. The summed E-state index contributed by atoms with van der Waals surface area (Å²) in [5.74, 6) is -1.32. The Kier molecular flexibility index (Phi) is 4.28. The molecule has 0 fully saturated rings. The van der Waals surface area contributed by atoms with Gasteiger partial charge in [0.15, 0.2) is 6.10 Å². The number of aliphatic hydroxyl groups is 2. The highest BCUT2D eigenvalue weighted by atomic mass is 19.4. The number of rotatable bonds is 4. The van der Waals surface area contributed by atoms with Crippen molar-refractivity contribution < 1.29 is 33.0 Å². The number of alkyl halides is 3. The van der Waals surface area contributed by atoms with E-state index in [1.54, 1.807) is 0 Å². The van der Waals surface area contributed by atoms with Crippen LogP contribution in [-0.4, -0.2) is 28.5 Å². The van der Waals surface area contributed by atoms with Crippen LogP contribution in [-0.2, 0) is 11.0 Å². The van der Waals surface area contributed by atoms with Crippen LogP contribution in [0.4, 0.5) is 13.2 Å². The first-order valence-corrected chi connectivity index (χ1v) is 5.00. The maximum Gasteiger partial charge on any atom is 0.416 e. The topological polar surface area (TPSA) is 101 Å². The second-order valence-corrected chi connectivity index (χ2v) is 3.75. The van der Waals surface area contributed by atoms with Crippen LogP contribution in [0.2, 0.25) is 0 Å². The molecule has 1 rings (SSSR count). The number of aliphatic hydroxyl groups excluding tert-OH is 2. The zero-order valence-corrected chi connectivity index (χ0v) is 9.39. The van der Waals surface area contributed by atoms with E-state index in [0.717, 1.165) is 6.07 Å². The van der Waals surface area contributed by atoms with E-state index in [1.807, 2.05) is 0 Å². The summed E-state index contributed by atoms with van der Waals surface area (Å²) in [6, 6.07) is 1.97. The largest absolute Gasteiger partial charge is 0.416 e. The van der Waals surface area contributed by atoms with Crippen LogP contribution in [0.1, 0.15) is 27.6 Å². The minimum Gasteiger partial charge on any atom is -0.385 e. The molecule has 0 saturated carbocycles. The van der Waals surface area contributed by atoms with Crippen LogP contribution in [0.15, 0.2) is 18.2 Å². The van der Waals surface area contributed by atoms with Crippen molar-refractivity contribution in [2.75, 3.05) is 0 Å². The monoisotopic (exact) mass is 277 g/mol. The lowest BCUT2D eigenvalue weighted by atomic mass is 9.96. The second kappa shape index (κ2) is 5.37. The third kappa shape index (κ3) is 3.30. The highest BCUT2D eigenvalue weighted by Crippen LogP contribution is 2.32. The number of aldehydes is 1. The number of amides is 1. The molecule has 19 heavy (non-hydrogen) atoms. The number of primary amides is 1. The molecule has 0 aliphatic heterocycles. The smallest absolute Gasteiger partial charge is 0.385 e. The van der Waals surface area contributed by atoms with E-state index in [0.29, 0.717) is 12.1 Å². The van der Waals surface area contributed by atoms with Gasteiger partial charge in [0, 0.05) is 5.56 Å². The van der Waals surface area contributed by atoms with Gasteiger partial charge in [0.05, 0.1) is 5.56 Å². The molecule has 0 heterocycles. The minimum atomic E-state index is -4.69. The number of benzene rings is 1.